The number of para-hydroxylation sites is 1. The van der Waals surface area contributed by atoms with Gasteiger partial charge >= 0.3 is 0 Å². The fourth-order valence-corrected chi connectivity index (χ4v) is 2.67. The fraction of sp³-hybridized carbons (Fsp3) is 0.118. The lowest BCUT2D eigenvalue weighted by atomic mass is 9.97. The molecule has 0 spiro atoms. The molecule has 0 aliphatic rings. The molecule has 20 heavy (non-hydrogen) atoms. The van der Waals surface area contributed by atoms with E-state index < -0.39 is 0 Å². The molecule has 0 atom stereocenters. The van der Waals surface area contributed by atoms with Gasteiger partial charge in [0.05, 0.1) is 17.6 Å². The highest BCUT2D eigenvalue weighted by atomic mass is 35.5. The first-order valence-corrected chi connectivity index (χ1v) is 6.77. The Morgan fingerprint density at radius 2 is 1.90 bits per heavy atom. The molecule has 2 nitrogen and oxygen atoms in total. The summed E-state index contributed by atoms with van der Waals surface area (Å²) in [5.74, 6) is 0.842. The molecule has 0 saturated carbocycles. The highest BCUT2D eigenvalue weighted by Gasteiger charge is 2.10. The third-order valence-electron chi connectivity index (χ3n) is 3.40. The molecule has 0 aliphatic carbocycles. The lowest BCUT2D eigenvalue weighted by molar-refractivity contribution is 0.415. The molecule has 3 heteroatoms. The molecule has 3 aromatic rings. The predicted molar refractivity (Wildman–Crippen MR) is 83.5 cm³/mol. The van der Waals surface area contributed by atoms with Gasteiger partial charge in [-0.1, -0.05) is 35.9 Å². The number of fused-ring (bicyclic) bond motifs is 1. The maximum absolute atomic E-state index is 6.24. The maximum atomic E-state index is 6.24. The molecule has 0 aliphatic heterocycles. The number of rotatable bonds is 2. The van der Waals surface area contributed by atoms with Crippen LogP contribution in [0.3, 0.4) is 0 Å². The van der Waals surface area contributed by atoms with E-state index in [1.54, 1.807) is 7.11 Å². The molecule has 1 aromatic heterocycles. The molecule has 0 amide bonds. The van der Waals surface area contributed by atoms with E-state index in [4.69, 9.17) is 16.3 Å². The minimum absolute atomic E-state index is 0.673. The van der Waals surface area contributed by atoms with Crippen LogP contribution in [0.25, 0.3) is 22.0 Å². The predicted octanol–water partition coefficient (Wildman–Crippen LogP) is 4.87. The smallest absolute Gasteiger partial charge is 0.119 e. The van der Waals surface area contributed by atoms with Gasteiger partial charge in [0.1, 0.15) is 5.75 Å². The number of nitrogens with zero attached hydrogens (tertiary/aromatic N) is 1. The van der Waals surface area contributed by atoms with Gasteiger partial charge in [0.15, 0.2) is 0 Å². The van der Waals surface area contributed by atoms with Crippen molar-refractivity contribution >= 4 is 22.5 Å². The second kappa shape index (κ2) is 5.14. The first-order valence-electron chi connectivity index (χ1n) is 6.39. The summed E-state index contributed by atoms with van der Waals surface area (Å²) in [5, 5.41) is 1.73. The summed E-state index contributed by atoms with van der Waals surface area (Å²) in [6, 6.07) is 13.9. The van der Waals surface area contributed by atoms with Crippen LogP contribution in [0.15, 0.2) is 48.7 Å². The van der Waals surface area contributed by atoms with E-state index in [1.165, 1.54) is 0 Å². The van der Waals surface area contributed by atoms with Crippen molar-refractivity contribution in [3.63, 3.8) is 0 Å². The van der Waals surface area contributed by atoms with E-state index in [0.29, 0.717) is 5.02 Å². The first kappa shape index (κ1) is 12.9. The summed E-state index contributed by atoms with van der Waals surface area (Å²) >= 11 is 6.24. The van der Waals surface area contributed by atoms with Crippen LogP contribution in [0.5, 0.6) is 5.75 Å². The summed E-state index contributed by atoms with van der Waals surface area (Å²) in [7, 11) is 1.67. The van der Waals surface area contributed by atoms with Crippen molar-refractivity contribution in [1.29, 1.82) is 0 Å². The van der Waals surface area contributed by atoms with Gasteiger partial charge in [-0.25, -0.2) is 0 Å². The van der Waals surface area contributed by atoms with Crippen LogP contribution in [-0.4, -0.2) is 12.1 Å². The van der Waals surface area contributed by atoms with Crippen molar-refractivity contribution in [1.82, 2.24) is 4.98 Å². The average molecular weight is 284 g/mol. The maximum Gasteiger partial charge on any atom is 0.119 e. The summed E-state index contributed by atoms with van der Waals surface area (Å²) in [4.78, 5) is 4.45. The van der Waals surface area contributed by atoms with Crippen molar-refractivity contribution in [2.45, 2.75) is 6.92 Å². The van der Waals surface area contributed by atoms with E-state index in [-0.39, 0.29) is 0 Å². The molecule has 1 heterocycles. The van der Waals surface area contributed by atoms with Gasteiger partial charge in [-0.3, -0.25) is 4.98 Å². The summed E-state index contributed by atoms with van der Waals surface area (Å²) in [6.07, 6.45) is 1.86. The van der Waals surface area contributed by atoms with Crippen molar-refractivity contribution in [2.75, 3.05) is 7.11 Å². The molecule has 2 aromatic carbocycles. The Labute approximate surface area is 123 Å². The number of ether oxygens (including phenoxy) is 1. The summed E-state index contributed by atoms with van der Waals surface area (Å²) in [5.41, 5.74) is 4.21. The third-order valence-corrected chi connectivity index (χ3v) is 3.70. The Hall–Kier alpha value is -2.06. The van der Waals surface area contributed by atoms with E-state index in [9.17, 15) is 0 Å². The van der Waals surface area contributed by atoms with Crippen LogP contribution < -0.4 is 4.74 Å². The van der Waals surface area contributed by atoms with E-state index >= 15 is 0 Å². The van der Waals surface area contributed by atoms with Crippen molar-refractivity contribution in [3.8, 4) is 16.9 Å². The number of benzene rings is 2. The summed E-state index contributed by atoms with van der Waals surface area (Å²) < 4.78 is 5.31. The van der Waals surface area contributed by atoms with E-state index in [2.05, 4.69) is 24.0 Å². The van der Waals surface area contributed by atoms with Gasteiger partial charge in [0.25, 0.3) is 0 Å². The number of aromatic nitrogens is 1. The Kier molecular flexibility index (Phi) is 3.33. The van der Waals surface area contributed by atoms with E-state index in [1.807, 2.05) is 36.5 Å². The molecule has 0 radical (unpaired) electrons. The molecule has 0 saturated heterocycles. The standard InChI is InChI=1S/C17H14ClNO/c1-11-10-19-17-14(7-4-8-15(17)18)16(11)12-5-3-6-13(9-12)20-2/h3-10H,1-2H3. The van der Waals surface area contributed by atoms with E-state index in [0.717, 1.165) is 33.3 Å². The van der Waals surface area contributed by atoms with Gasteiger partial charge in [-0.05, 0) is 41.8 Å². The zero-order valence-electron chi connectivity index (χ0n) is 11.4. The van der Waals surface area contributed by atoms with Gasteiger partial charge in [-0.15, -0.1) is 0 Å². The second-order valence-corrected chi connectivity index (χ2v) is 5.09. The van der Waals surface area contributed by atoms with Crippen LogP contribution >= 0.6 is 11.6 Å². The number of aryl methyl sites for hydroxylation is 1. The number of halogens is 1. The minimum atomic E-state index is 0.673. The quantitative estimate of drug-likeness (QED) is 0.669. The third kappa shape index (κ3) is 2.12. The van der Waals surface area contributed by atoms with Gasteiger partial charge in [0, 0.05) is 11.6 Å². The molecular formula is C17H14ClNO. The zero-order chi connectivity index (χ0) is 14.1. The fourth-order valence-electron chi connectivity index (χ4n) is 2.45. The first-order chi connectivity index (χ1) is 9.70. The largest absolute Gasteiger partial charge is 0.497 e. The minimum Gasteiger partial charge on any atom is -0.497 e. The number of hydrogen-bond acceptors (Lipinski definition) is 2. The lowest BCUT2D eigenvalue weighted by Crippen LogP contribution is -1.91. The van der Waals surface area contributed by atoms with Crippen molar-refractivity contribution in [3.05, 3.63) is 59.2 Å². The highest BCUT2D eigenvalue weighted by molar-refractivity contribution is 6.35. The lowest BCUT2D eigenvalue weighted by Gasteiger charge is -2.12. The van der Waals surface area contributed by atoms with Crippen LogP contribution in [0.4, 0.5) is 0 Å². The monoisotopic (exact) mass is 283 g/mol. The van der Waals surface area contributed by atoms with Crippen LogP contribution in [-0.2, 0) is 0 Å². The Bertz CT molecular complexity index is 783. The molecule has 0 fully saturated rings. The molecule has 0 bridgehead atoms. The van der Waals surface area contributed by atoms with Gasteiger partial charge < -0.3 is 4.74 Å². The van der Waals surface area contributed by atoms with Crippen LogP contribution in [0.1, 0.15) is 5.56 Å². The Morgan fingerprint density at radius 1 is 1.10 bits per heavy atom. The summed E-state index contributed by atoms with van der Waals surface area (Å²) in [6.45, 7) is 2.06. The number of hydrogen-bond donors (Lipinski definition) is 0. The van der Waals surface area contributed by atoms with Gasteiger partial charge in [0.2, 0.25) is 0 Å². The highest BCUT2D eigenvalue weighted by Crippen LogP contribution is 2.34. The number of methoxy groups -OCH3 is 1. The average Bonchev–Trinajstić information content (AvgIpc) is 2.47. The SMILES string of the molecule is COc1cccc(-c2c(C)cnc3c(Cl)cccc23)c1. The molecular weight excluding hydrogens is 270 g/mol. The zero-order valence-corrected chi connectivity index (χ0v) is 12.1. The van der Waals surface area contributed by atoms with Gasteiger partial charge in [-0.2, -0.15) is 0 Å². The molecule has 3 rings (SSSR count). The molecule has 100 valence electrons. The van der Waals surface area contributed by atoms with Crippen molar-refractivity contribution < 1.29 is 4.74 Å². The Balaban J connectivity index is 2.34. The van der Waals surface area contributed by atoms with Crippen LogP contribution in [0, 0.1) is 6.92 Å². The second-order valence-electron chi connectivity index (χ2n) is 4.68. The van der Waals surface area contributed by atoms with Crippen molar-refractivity contribution in [2.24, 2.45) is 0 Å². The Morgan fingerprint density at radius 3 is 2.70 bits per heavy atom. The number of pyridine rings is 1. The molecule has 0 N–H and O–H groups in total. The molecule has 0 unspecified atom stereocenters. The normalized spacial score (nSPS) is 10.8. The van der Waals surface area contributed by atoms with Crippen LogP contribution in [0.2, 0.25) is 5.02 Å². The topological polar surface area (TPSA) is 22.1 Å².